The maximum absolute atomic E-state index is 10.6. The van der Waals surface area contributed by atoms with Crippen LogP contribution in [0.25, 0.3) is 0 Å². The fourth-order valence-corrected chi connectivity index (χ4v) is 9.80. The van der Waals surface area contributed by atoms with Crippen molar-refractivity contribution in [3.63, 3.8) is 0 Å². The molecule has 4 rings (SSSR count). The van der Waals surface area contributed by atoms with Gasteiger partial charge in [0.15, 0.2) is 0 Å². The van der Waals surface area contributed by atoms with Crippen LogP contribution in [0.4, 0.5) is 0 Å². The molecule has 0 aromatic heterocycles. The van der Waals surface area contributed by atoms with E-state index in [9.17, 15) is 5.11 Å². The monoisotopic (exact) mass is 388 g/mol. The molecular formula is C27H48O. The average Bonchev–Trinajstić information content (AvgIpc) is 3.20. The fourth-order valence-electron chi connectivity index (χ4n) is 9.80. The lowest BCUT2D eigenvalue weighted by atomic mass is 9.54. The van der Waals surface area contributed by atoms with Gasteiger partial charge in [0.1, 0.15) is 0 Å². The van der Waals surface area contributed by atoms with Gasteiger partial charge in [-0.2, -0.15) is 0 Å². The number of rotatable bonds is 6. The minimum Gasteiger partial charge on any atom is -0.396 e. The molecule has 0 radical (unpaired) electrons. The topological polar surface area (TPSA) is 20.2 Å². The fraction of sp³-hybridized carbons (Fsp3) is 1.00. The van der Waals surface area contributed by atoms with Crippen LogP contribution >= 0.6 is 0 Å². The maximum atomic E-state index is 10.6. The number of aliphatic hydroxyl groups excluding tert-OH is 1. The summed E-state index contributed by atoms with van der Waals surface area (Å²) in [6.07, 6.45) is 14.2. The molecule has 1 N–H and O–H groups in total. The Hall–Kier alpha value is -0.0400. The van der Waals surface area contributed by atoms with Crippen molar-refractivity contribution in [1.82, 2.24) is 0 Å². The lowest BCUT2D eigenvalue weighted by Crippen LogP contribution is -2.44. The van der Waals surface area contributed by atoms with E-state index in [1.54, 1.807) is 0 Å². The molecular weight excluding hydrogens is 340 g/mol. The second-order valence-electron chi connectivity index (χ2n) is 12.8. The largest absolute Gasteiger partial charge is 0.396 e. The van der Waals surface area contributed by atoms with Crippen LogP contribution in [0.15, 0.2) is 0 Å². The average molecular weight is 389 g/mol. The van der Waals surface area contributed by atoms with E-state index in [2.05, 4.69) is 41.5 Å². The van der Waals surface area contributed by atoms with Crippen molar-refractivity contribution >= 4 is 0 Å². The van der Waals surface area contributed by atoms with Gasteiger partial charge >= 0.3 is 0 Å². The van der Waals surface area contributed by atoms with Gasteiger partial charge < -0.3 is 5.11 Å². The number of fused-ring (bicyclic) bond motifs is 5. The molecule has 4 aliphatic rings. The first-order chi connectivity index (χ1) is 13.2. The molecule has 0 amide bonds. The Labute approximate surface area is 175 Å². The Morgan fingerprint density at radius 1 is 0.929 bits per heavy atom. The Morgan fingerprint density at radius 3 is 2.36 bits per heavy atom. The highest BCUT2D eigenvalue weighted by Gasteiger charge is 2.69. The SMILES string of the molecule is CC(C)CCC[C@@H](C)[C@H]1CC[C@H]2[C@@H]3C[C@]4(CO)[C@@H](C)CC[C@]4(C)[C@H]3CC[C@]12C. The van der Waals surface area contributed by atoms with Crippen molar-refractivity contribution < 1.29 is 5.11 Å². The first kappa shape index (κ1) is 21.2. The van der Waals surface area contributed by atoms with Gasteiger partial charge in [0.25, 0.3) is 0 Å². The van der Waals surface area contributed by atoms with Crippen molar-refractivity contribution in [3.05, 3.63) is 0 Å². The molecule has 0 aliphatic heterocycles. The molecule has 0 aromatic carbocycles. The predicted octanol–water partition coefficient (Wildman–Crippen LogP) is 7.33. The summed E-state index contributed by atoms with van der Waals surface area (Å²) in [5, 5.41) is 10.6. The zero-order valence-electron chi connectivity index (χ0n) is 19.8. The van der Waals surface area contributed by atoms with Gasteiger partial charge in [-0.15, -0.1) is 0 Å². The van der Waals surface area contributed by atoms with E-state index in [4.69, 9.17) is 0 Å². The maximum Gasteiger partial charge on any atom is 0.0495 e. The van der Waals surface area contributed by atoms with Gasteiger partial charge in [0, 0.05) is 12.0 Å². The molecule has 162 valence electrons. The molecule has 0 saturated heterocycles. The van der Waals surface area contributed by atoms with Crippen LogP contribution in [-0.2, 0) is 0 Å². The zero-order chi connectivity index (χ0) is 20.3. The summed E-state index contributed by atoms with van der Waals surface area (Å²) in [5.74, 6) is 6.12. The summed E-state index contributed by atoms with van der Waals surface area (Å²) in [7, 11) is 0. The Balaban J connectivity index is 1.52. The summed E-state index contributed by atoms with van der Waals surface area (Å²) in [6, 6.07) is 0. The Bertz CT molecular complexity index is 569. The Morgan fingerprint density at radius 2 is 1.68 bits per heavy atom. The van der Waals surface area contributed by atoms with E-state index < -0.39 is 0 Å². The Kier molecular flexibility index (Phi) is 5.51. The molecule has 1 nitrogen and oxygen atoms in total. The first-order valence-electron chi connectivity index (χ1n) is 12.8. The van der Waals surface area contributed by atoms with Crippen molar-refractivity contribution in [2.75, 3.05) is 6.61 Å². The summed E-state index contributed by atoms with van der Waals surface area (Å²) in [5.41, 5.74) is 1.22. The van der Waals surface area contributed by atoms with Gasteiger partial charge in [-0.1, -0.05) is 60.8 Å². The molecule has 4 fully saturated rings. The van der Waals surface area contributed by atoms with E-state index >= 15 is 0 Å². The summed E-state index contributed by atoms with van der Waals surface area (Å²) < 4.78 is 0. The van der Waals surface area contributed by atoms with Crippen LogP contribution in [0.5, 0.6) is 0 Å². The third-order valence-electron chi connectivity index (χ3n) is 11.5. The van der Waals surface area contributed by atoms with E-state index in [0.29, 0.717) is 23.4 Å². The van der Waals surface area contributed by atoms with Crippen LogP contribution in [-0.4, -0.2) is 11.7 Å². The normalized spacial score (nSPS) is 51.2. The van der Waals surface area contributed by atoms with Crippen LogP contribution in [0.3, 0.4) is 0 Å². The molecule has 0 heterocycles. The second-order valence-corrected chi connectivity index (χ2v) is 12.8. The molecule has 0 spiro atoms. The zero-order valence-corrected chi connectivity index (χ0v) is 19.8. The van der Waals surface area contributed by atoms with Crippen LogP contribution in [0, 0.1) is 57.7 Å². The third-order valence-corrected chi connectivity index (χ3v) is 11.5. The predicted molar refractivity (Wildman–Crippen MR) is 119 cm³/mol. The molecule has 28 heavy (non-hydrogen) atoms. The van der Waals surface area contributed by atoms with Gasteiger partial charge in [0.05, 0.1) is 0 Å². The molecule has 0 aromatic rings. The van der Waals surface area contributed by atoms with Gasteiger partial charge in [0.2, 0.25) is 0 Å². The van der Waals surface area contributed by atoms with Crippen LogP contribution in [0.2, 0.25) is 0 Å². The summed E-state index contributed by atoms with van der Waals surface area (Å²) in [6.45, 7) is 15.5. The number of hydrogen-bond acceptors (Lipinski definition) is 1. The van der Waals surface area contributed by atoms with Gasteiger partial charge in [-0.25, -0.2) is 0 Å². The highest BCUT2D eigenvalue weighted by Crippen LogP contribution is 2.76. The lowest BCUT2D eigenvalue weighted by molar-refractivity contribution is -0.0304. The van der Waals surface area contributed by atoms with E-state index in [1.807, 2.05) is 0 Å². The van der Waals surface area contributed by atoms with Gasteiger partial charge in [-0.3, -0.25) is 0 Å². The quantitative estimate of drug-likeness (QED) is 0.505. The minimum atomic E-state index is 0.231. The molecule has 4 aliphatic carbocycles. The van der Waals surface area contributed by atoms with Gasteiger partial charge in [-0.05, 0) is 97.2 Å². The number of hydrogen-bond donors (Lipinski definition) is 1. The van der Waals surface area contributed by atoms with E-state index in [1.165, 1.54) is 64.2 Å². The smallest absolute Gasteiger partial charge is 0.0495 e. The lowest BCUT2D eigenvalue weighted by Gasteiger charge is -2.51. The minimum absolute atomic E-state index is 0.231. The molecule has 1 heteroatoms. The van der Waals surface area contributed by atoms with Crippen LogP contribution in [0.1, 0.15) is 106 Å². The van der Waals surface area contributed by atoms with Crippen molar-refractivity contribution in [2.24, 2.45) is 57.7 Å². The second kappa shape index (κ2) is 7.28. The molecule has 0 bridgehead atoms. The third kappa shape index (κ3) is 2.80. The highest BCUT2D eigenvalue weighted by atomic mass is 16.3. The summed E-state index contributed by atoms with van der Waals surface area (Å²) in [4.78, 5) is 0. The van der Waals surface area contributed by atoms with Crippen molar-refractivity contribution in [2.45, 2.75) is 106 Å². The summed E-state index contributed by atoms with van der Waals surface area (Å²) >= 11 is 0. The van der Waals surface area contributed by atoms with Crippen LogP contribution < -0.4 is 0 Å². The van der Waals surface area contributed by atoms with Crippen molar-refractivity contribution in [1.29, 1.82) is 0 Å². The standard InChI is InChI=1S/C27H48O/c1-18(2)8-7-9-19(3)22-10-11-23-21-16-27(17-28)20(4)12-15-26(27,6)24(21)13-14-25(22,23)5/h18-24,28H,7-17H2,1-6H3/t19-,20+,21+,22-,23+,24+,25-,26-,27+/m1/s1. The van der Waals surface area contributed by atoms with E-state index in [-0.39, 0.29) is 5.41 Å². The number of aliphatic hydroxyl groups is 1. The molecule has 9 atom stereocenters. The molecule has 0 unspecified atom stereocenters. The van der Waals surface area contributed by atoms with Crippen molar-refractivity contribution in [3.8, 4) is 0 Å². The highest BCUT2D eigenvalue weighted by molar-refractivity contribution is 5.18. The first-order valence-corrected chi connectivity index (χ1v) is 12.8. The molecule has 4 saturated carbocycles. The van der Waals surface area contributed by atoms with E-state index in [0.717, 1.165) is 35.5 Å².